The maximum absolute atomic E-state index is 13.8. The van der Waals surface area contributed by atoms with Gasteiger partial charge in [-0.3, -0.25) is 14.6 Å². The average molecular weight is 378 g/mol. The van der Waals surface area contributed by atoms with Crippen molar-refractivity contribution in [1.82, 2.24) is 9.88 Å². The quantitative estimate of drug-likeness (QED) is 0.867. The number of likely N-dealkylation sites (tertiary alicyclic amines) is 1. The van der Waals surface area contributed by atoms with E-state index in [4.69, 9.17) is 0 Å². The van der Waals surface area contributed by atoms with Crippen LogP contribution < -0.4 is 0 Å². The highest BCUT2D eigenvalue weighted by Gasteiger charge is 2.56. The topological polar surface area (TPSA) is 70.5 Å². The first-order chi connectivity index (χ1) is 12.7. The van der Waals surface area contributed by atoms with Gasteiger partial charge >= 0.3 is 12.1 Å². The third kappa shape index (κ3) is 2.65. The van der Waals surface area contributed by atoms with Gasteiger partial charge in [0.2, 0.25) is 0 Å². The zero-order chi connectivity index (χ0) is 19.4. The van der Waals surface area contributed by atoms with E-state index in [0.29, 0.717) is 12.8 Å². The average Bonchev–Trinajstić information content (AvgIpc) is 3.17. The molecule has 5 nitrogen and oxygen atoms in total. The zero-order valence-corrected chi connectivity index (χ0v) is 14.3. The van der Waals surface area contributed by atoms with Crippen molar-refractivity contribution in [2.75, 3.05) is 13.1 Å². The van der Waals surface area contributed by atoms with Crippen molar-refractivity contribution in [2.24, 2.45) is 11.3 Å². The Morgan fingerprint density at radius 2 is 2.00 bits per heavy atom. The maximum atomic E-state index is 13.8. The summed E-state index contributed by atoms with van der Waals surface area (Å²) in [6.07, 6.45) is -1.91. The first kappa shape index (κ1) is 17.8. The summed E-state index contributed by atoms with van der Waals surface area (Å²) in [4.78, 5) is 30.0. The van der Waals surface area contributed by atoms with E-state index in [2.05, 4.69) is 4.98 Å². The normalized spacial score (nSPS) is 25.0. The van der Waals surface area contributed by atoms with Crippen molar-refractivity contribution in [3.05, 3.63) is 41.6 Å². The van der Waals surface area contributed by atoms with Crippen molar-refractivity contribution in [2.45, 2.75) is 25.4 Å². The minimum atomic E-state index is -4.73. The van der Waals surface area contributed by atoms with E-state index in [9.17, 15) is 27.9 Å². The predicted molar refractivity (Wildman–Crippen MR) is 90.1 cm³/mol. The third-order valence-electron chi connectivity index (χ3n) is 5.87. The molecule has 8 heteroatoms. The highest BCUT2D eigenvalue weighted by atomic mass is 19.4. The van der Waals surface area contributed by atoms with Crippen molar-refractivity contribution >= 4 is 22.8 Å². The summed E-state index contributed by atoms with van der Waals surface area (Å²) in [5.74, 6) is -2.01. The zero-order valence-electron chi connectivity index (χ0n) is 14.3. The molecule has 27 heavy (non-hydrogen) atoms. The number of para-hydroxylation sites is 1. The number of aliphatic carboxylic acids is 1. The Kier molecular flexibility index (Phi) is 3.90. The third-order valence-corrected chi connectivity index (χ3v) is 5.87. The fourth-order valence-corrected chi connectivity index (χ4v) is 4.57. The molecule has 0 spiro atoms. The number of carbonyl (C=O) groups is 2. The summed E-state index contributed by atoms with van der Waals surface area (Å²) >= 11 is 0. The molecule has 1 saturated carbocycles. The van der Waals surface area contributed by atoms with Gasteiger partial charge in [0, 0.05) is 24.7 Å². The Balaban J connectivity index is 1.77. The monoisotopic (exact) mass is 378 g/mol. The van der Waals surface area contributed by atoms with Crippen LogP contribution in [0.1, 0.15) is 35.2 Å². The number of rotatable bonds is 2. The molecular formula is C19H17F3N2O3. The van der Waals surface area contributed by atoms with Crippen molar-refractivity contribution < 1.29 is 27.9 Å². The molecule has 2 aliphatic rings. The van der Waals surface area contributed by atoms with Gasteiger partial charge in [-0.2, -0.15) is 13.2 Å². The number of benzene rings is 1. The number of carboxylic acid groups (broad SMARTS) is 1. The van der Waals surface area contributed by atoms with Gasteiger partial charge in [0.05, 0.1) is 22.1 Å². The highest BCUT2D eigenvalue weighted by molar-refractivity contribution is 6.01. The van der Waals surface area contributed by atoms with Crippen LogP contribution in [0.3, 0.4) is 0 Å². The van der Waals surface area contributed by atoms with Crippen molar-refractivity contribution in [3.63, 3.8) is 0 Å². The first-order valence-electron chi connectivity index (χ1n) is 8.71. The van der Waals surface area contributed by atoms with Crippen LogP contribution in [0.5, 0.6) is 0 Å². The minimum Gasteiger partial charge on any atom is -0.481 e. The Morgan fingerprint density at radius 3 is 2.67 bits per heavy atom. The van der Waals surface area contributed by atoms with E-state index in [1.807, 2.05) is 0 Å². The maximum Gasteiger partial charge on any atom is 0.417 e. The van der Waals surface area contributed by atoms with Gasteiger partial charge in [0.1, 0.15) is 0 Å². The Hall–Kier alpha value is -2.64. The molecule has 1 N–H and O–H groups in total. The highest BCUT2D eigenvalue weighted by Crippen LogP contribution is 2.49. The van der Waals surface area contributed by atoms with Crippen LogP contribution in [0.4, 0.5) is 13.2 Å². The van der Waals surface area contributed by atoms with Crippen molar-refractivity contribution in [1.29, 1.82) is 0 Å². The number of aromatic nitrogens is 1. The van der Waals surface area contributed by atoms with Crippen LogP contribution in [0.25, 0.3) is 10.9 Å². The second-order valence-corrected chi connectivity index (χ2v) is 7.30. The number of amides is 1. The molecule has 1 aliphatic heterocycles. The lowest BCUT2D eigenvalue weighted by Crippen LogP contribution is -2.37. The lowest BCUT2D eigenvalue weighted by atomic mass is 9.81. The van der Waals surface area contributed by atoms with E-state index in [0.717, 1.165) is 12.6 Å². The molecule has 1 aromatic heterocycles. The van der Waals surface area contributed by atoms with Crippen LogP contribution in [-0.4, -0.2) is 40.0 Å². The number of nitrogens with zero attached hydrogens (tertiary/aromatic N) is 2. The molecule has 2 fully saturated rings. The molecule has 1 aromatic carbocycles. The van der Waals surface area contributed by atoms with Crippen LogP contribution in [-0.2, 0) is 11.0 Å². The predicted octanol–water partition coefficient (Wildman–Crippen LogP) is 3.58. The molecule has 2 heterocycles. The van der Waals surface area contributed by atoms with Gasteiger partial charge in [0.25, 0.3) is 5.91 Å². The summed E-state index contributed by atoms with van der Waals surface area (Å²) in [7, 11) is 0. The number of carboxylic acids is 1. The number of halogens is 3. The Bertz CT molecular complexity index is 943. The van der Waals surface area contributed by atoms with E-state index in [1.54, 1.807) is 6.07 Å². The number of hydrogen-bond acceptors (Lipinski definition) is 3. The van der Waals surface area contributed by atoms with E-state index < -0.39 is 34.6 Å². The van der Waals surface area contributed by atoms with Gasteiger partial charge < -0.3 is 10.0 Å². The molecule has 4 rings (SSSR count). The van der Waals surface area contributed by atoms with Crippen LogP contribution in [0, 0.1) is 11.3 Å². The van der Waals surface area contributed by atoms with Gasteiger partial charge in [0.15, 0.2) is 0 Å². The summed E-state index contributed by atoms with van der Waals surface area (Å²) in [6.45, 7) is 0.102. The SMILES string of the molecule is O=C(c1cnc2ccccc2c1C(F)(F)F)N1C[C@@H]2CCC[C@@]2(C(=O)O)C1. The van der Waals surface area contributed by atoms with Crippen LogP contribution in [0.2, 0.25) is 0 Å². The molecule has 0 bridgehead atoms. The molecule has 2 atom stereocenters. The van der Waals surface area contributed by atoms with E-state index in [-0.39, 0.29) is 29.9 Å². The molecule has 142 valence electrons. The second kappa shape index (κ2) is 5.94. The van der Waals surface area contributed by atoms with Gasteiger partial charge in [-0.15, -0.1) is 0 Å². The van der Waals surface area contributed by atoms with E-state index in [1.165, 1.54) is 23.1 Å². The Morgan fingerprint density at radius 1 is 1.26 bits per heavy atom. The summed E-state index contributed by atoms with van der Waals surface area (Å²) in [6, 6.07) is 5.79. The summed E-state index contributed by atoms with van der Waals surface area (Å²) < 4.78 is 41.3. The molecule has 2 aromatic rings. The molecule has 1 amide bonds. The fraction of sp³-hybridized carbons (Fsp3) is 0.421. The standard InChI is InChI=1S/C19H17F3N2O3/c20-19(21,22)15-12-5-1-2-6-14(12)23-8-13(15)16(25)24-9-11-4-3-7-18(11,10-24)17(26)27/h1-2,5-6,8,11H,3-4,7,9-10H2,(H,26,27)/t11-,18+/m0/s1. The lowest BCUT2D eigenvalue weighted by molar-refractivity contribution is -0.149. The van der Waals surface area contributed by atoms with Crippen LogP contribution in [0.15, 0.2) is 30.5 Å². The number of alkyl halides is 3. The summed E-state index contributed by atoms with van der Waals surface area (Å²) in [5, 5.41) is 9.50. The summed E-state index contributed by atoms with van der Waals surface area (Å²) in [5.41, 5.74) is -2.43. The minimum absolute atomic E-state index is 0.0596. The van der Waals surface area contributed by atoms with Gasteiger partial charge in [-0.1, -0.05) is 24.6 Å². The molecule has 1 aliphatic carbocycles. The van der Waals surface area contributed by atoms with Crippen molar-refractivity contribution in [3.8, 4) is 0 Å². The van der Waals surface area contributed by atoms with Crippen LogP contribution >= 0.6 is 0 Å². The molecule has 1 saturated heterocycles. The number of pyridine rings is 1. The number of hydrogen-bond donors (Lipinski definition) is 1. The second-order valence-electron chi connectivity index (χ2n) is 7.30. The number of carbonyl (C=O) groups excluding carboxylic acids is 1. The Labute approximate surface area is 152 Å². The lowest BCUT2D eigenvalue weighted by Gasteiger charge is -2.24. The molecule has 0 unspecified atom stereocenters. The largest absolute Gasteiger partial charge is 0.481 e. The first-order valence-corrected chi connectivity index (χ1v) is 8.71. The van der Waals surface area contributed by atoms with E-state index >= 15 is 0 Å². The van der Waals surface area contributed by atoms with Gasteiger partial charge in [-0.25, -0.2) is 0 Å². The fourth-order valence-electron chi connectivity index (χ4n) is 4.57. The van der Waals surface area contributed by atoms with Gasteiger partial charge in [-0.05, 0) is 24.8 Å². The molecule has 0 radical (unpaired) electrons. The number of fused-ring (bicyclic) bond motifs is 2. The smallest absolute Gasteiger partial charge is 0.417 e. The molecular weight excluding hydrogens is 361 g/mol.